The van der Waals surface area contributed by atoms with Crippen LogP contribution >= 0.6 is 0 Å². The lowest BCUT2D eigenvalue weighted by atomic mass is 10.2. The van der Waals surface area contributed by atoms with E-state index in [-0.39, 0.29) is 0 Å². The van der Waals surface area contributed by atoms with E-state index < -0.39 is 0 Å². The van der Waals surface area contributed by atoms with Crippen LogP contribution in [0.3, 0.4) is 0 Å². The summed E-state index contributed by atoms with van der Waals surface area (Å²) in [5.74, 6) is 0. The second-order valence-electron chi connectivity index (χ2n) is 1.55. The first-order valence-electron chi connectivity index (χ1n) is 2.49. The van der Waals surface area contributed by atoms with Gasteiger partial charge in [-0.3, -0.25) is 0 Å². The molecule has 0 aromatic heterocycles. The van der Waals surface area contributed by atoms with Crippen LogP contribution in [0.1, 0.15) is 19.8 Å². The third-order valence-electron chi connectivity index (χ3n) is 0.775. The van der Waals surface area contributed by atoms with E-state index in [0.717, 1.165) is 18.4 Å². The Kier molecular flexibility index (Phi) is 3.29. The zero-order valence-electron chi connectivity index (χ0n) is 4.70. The summed E-state index contributed by atoms with van der Waals surface area (Å²) in [7, 11) is 0. The lowest BCUT2D eigenvalue weighted by molar-refractivity contribution is 0.941. The molecule has 0 aliphatic heterocycles. The Morgan fingerprint density at radius 3 is 2.57 bits per heavy atom. The van der Waals surface area contributed by atoms with Gasteiger partial charge in [0.25, 0.3) is 0 Å². The van der Waals surface area contributed by atoms with Crippen LogP contribution in [-0.4, -0.2) is 6.21 Å². The predicted octanol–water partition coefficient (Wildman–Crippen LogP) is 1.99. The second kappa shape index (κ2) is 3.59. The third kappa shape index (κ3) is 3.23. The van der Waals surface area contributed by atoms with Gasteiger partial charge in [0.05, 0.1) is 0 Å². The lowest BCUT2D eigenvalue weighted by Crippen LogP contribution is -1.77. The van der Waals surface area contributed by atoms with Gasteiger partial charge in [-0.25, -0.2) is 0 Å². The van der Waals surface area contributed by atoms with E-state index in [2.05, 4.69) is 13.5 Å². The van der Waals surface area contributed by atoms with Crippen LogP contribution in [0.5, 0.6) is 0 Å². The van der Waals surface area contributed by atoms with Crippen LogP contribution in [0.4, 0.5) is 0 Å². The SMILES string of the molecule is C=C(C=N)CCC. The maximum Gasteiger partial charge on any atom is 0.0203 e. The molecule has 0 saturated carbocycles. The lowest BCUT2D eigenvalue weighted by Gasteiger charge is -1.88. The van der Waals surface area contributed by atoms with E-state index >= 15 is 0 Å². The first-order valence-corrected chi connectivity index (χ1v) is 2.49. The second-order valence-corrected chi connectivity index (χ2v) is 1.55. The molecule has 1 N–H and O–H groups in total. The summed E-state index contributed by atoms with van der Waals surface area (Å²) in [5.41, 5.74) is 0.919. The van der Waals surface area contributed by atoms with Gasteiger partial charge in [-0.05, 0) is 12.0 Å². The van der Waals surface area contributed by atoms with Crippen molar-refractivity contribution in [1.29, 1.82) is 5.41 Å². The maximum atomic E-state index is 6.69. The number of allylic oxidation sites excluding steroid dienone is 1. The van der Waals surface area contributed by atoms with Crippen LogP contribution in [-0.2, 0) is 0 Å². The zero-order valence-corrected chi connectivity index (χ0v) is 4.70. The molecule has 0 saturated heterocycles. The van der Waals surface area contributed by atoms with Gasteiger partial charge in [0.1, 0.15) is 0 Å². The highest BCUT2D eigenvalue weighted by atomic mass is 14.3. The van der Waals surface area contributed by atoms with E-state index in [0.29, 0.717) is 0 Å². The summed E-state index contributed by atoms with van der Waals surface area (Å²) in [6, 6.07) is 0. The average molecular weight is 97.2 g/mol. The van der Waals surface area contributed by atoms with Crippen molar-refractivity contribution >= 4 is 6.21 Å². The molecule has 0 aromatic rings. The zero-order chi connectivity index (χ0) is 5.70. The first-order chi connectivity index (χ1) is 3.31. The summed E-state index contributed by atoms with van der Waals surface area (Å²) in [6.07, 6.45) is 3.36. The molecule has 40 valence electrons. The molecule has 0 rings (SSSR count). The molecule has 0 unspecified atom stereocenters. The molecule has 0 heterocycles. The fraction of sp³-hybridized carbons (Fsp3) is 0.500. The topological polar surface area (TPSA) is 23.9 Å². The van der Waals surface area contributed by atoms with Crippen LogP contribution < -0.4 is 0 Å². The molecule has 0 atom stereocenters. The molecule has 0 bridgehead atoms. The van der Waals surface area contributed by atoms with Gasteiger partial charge >= 0.3 is 0 Å². The van der Waals surface area contributed by atoms with E-state index in [1.807, 2.05) is 0 Å². The molecule has 0 aromatic carbocycles. The first kappa shape index (κ1) is 6.41. The maximum absolute atomic E-state index is 6.69. The molecule has 0 fully saturated rings. The quantitative estimate of drug-likeness (QED) is 0.521. The summed E-state index contributed by atoms with van der Waals surface area (Å²) < 4.78 is 0. The van der Waals surface area contributed by atoms with Crippen LogP contribution in [0, 0.1) is 5.41 Å². The minimum Gasteiger partial charge on any atom is -0.308 e. The van der Waals surface area contributed by atoms with Gasteiger partial charge in [-0.1, -0.05) is 19.9 Å². The van der Waals surface area contributed by atoms with Crippen LogP contribution in [0.15, 0.2) is 12.2 Å². The molecule has 0 radical (unpaired) electrons. The molecule has 1 heteroatoms. The van der Waals surface area contributed by atoms with Gasteiger partial charge < -0.3 is 5.41 Å². The van der Waals surface area contributed by atoms with Crippen molar-refractivity contribution in [1.82, 2.24) is 0 Å². The Bertz CT molecular complexity index is 74.2. The number of hydrogen-bond acceptors (Lipinski definition) is 1. The van der Waals surface area contributed by atoms with E-state index in [4.69, 9.17) is 5.41 Å². The van der Waals surface area contributed by atoms with Crippen LogP contribution in [0.2, 0.25) is 0 Å². The number of nitrogens with one attached hydrogen (secondary N) is 1. The van der Waals surface area contributed by atoms with Crippen molar-refractivity contribution in [2.24, 2.45) is 0 Å². The summed E-state index contributed by atoms with van der Waals surface area (Å²) >= 11 is 0. The summed E-state index contributed by atoms with van der Waals surface area (Å²) in [6.45, 7) is 5.70. The molecule has 0 aliphatic rings. The molecular weight excluding hydrogens is 86.1 g/mol. The van der Waals surface area contributed by atoms with Crippen molar-refractivity contribution in [3.8, 4) is 0 Å². The van der Waals surface area contributed by atoms with Gasteiger partial charge in [-0.15, -0.1) is 0 Å². The number of hydrogen-bond donors (Lipinski definition) is 1. The molecule has 0 amide bonds. The summed E-state index contributed by atoms with van der Waals surface area (Å²) in [5, 5.41) is 6.69. The van der Waals surface area contributed by atoms with E-state index in [9.17, 15) is 0 Å². The Morgan fingerprint density at radius 2 is 2.43 bits per heavy atom. The smallest absolute Gasteiger partial charge is 0.0203 e. The van der Waals surface area contributed by atoms with Gasteiger partial charge in [0, 0.05) is 6.21 Å². The summed E-state index contributed by atoms with van der Waals surface area (Å²) in [4.78, 5) is 0. The van der Waals surface area contributed by atoms with Crippen molar-refractivity contribution in [3.05, 3.63) is 12.2 Å². The fourth-order valence-corrected chi connectivity index (χ4v) is 0.393. The molecule has 7 heavy (non-hydrogen) atoms. The van der Waals surface area contributed by atoms with Crippen molar-refractivity contribution in [2.45, 2.75) is 19.8 Å². The highest BCUT2D eigenvalue weighted by Crippen LogP contribution is 1.95. The van der Waals surface area contributed by atoms with Crippen molar-refractivity contribution in [2.75, 3.05) is 0 Å². The Balaban J connectivity index is 3.17. The Hall–Kier alpha value is -0.590. The Labute approximate surface area is 44.6 Å². The number of rotatable bonds is 3. The highest BCUT2D eigenvalue weighted by Gasteiger charge is 1.81. The largest absolute Gasteiger partial charge is 0.308 e. The fourth-order valence-electron chi connectivity index (χ4n) is 0.393. The van der Waals surface area contributed by atoms with Gasteiger partial charge in [0.2, 0.25) is 0 Å². The predicted molar refractivity (Wildman–Crippen MR) is 32.8 cm³/mol. The van der Waals surface area contributed by atoms with Crippen LogP contribution in [0.25, 0.3) is 0 Å². The normalized spacial score (nSPS) is 8.14. The molecular formula is C6H11N. The van der Waals surface area contributed by atoms with Crippen molar-refractivity contribution in [3.63, 3.8) is 0 Å². The highest BCUT2D eigenvalue weighted by molar-refractivity contribution is 5.74. The third-order valence-corrected chi connectivity index (χ3v) is 0.775. The van der Waals surface area contributed by atoms with Crippen molar-refractivity contribution < 1.29 is 0 Å². The van der Waals surface area contributed by atoms with Gasteiger partial charge in [0.15, 0.2) is 0 Å². The standard InChI is InChI=1S/C6H11N/c1-3-4-6(2)5-7/h5,7H,2-4H2,1H3. The van der Waals surface area contributed by atoms with E-state index in [1.165, 1.54) is 6.21 Å². The average Bonchev–Trinajstić information content (AvgIpc) is 1.68. The minimum absolute atomic E-state index is 0.919. The molecule has 1 nitrogen and oxygen atoms in total. The van der Waals surface area contributed by atoms with E-state index in [1.54, 1.807) is 0 Å². The monoisotopic (exact) mass is 97.1 g/mol. The molecule has 0 spiro atoms. The Morgan fingerprint density at radius 1 is 1.86 bits per heavy atom. The van der Waals surface area contributed by atoms with Gasteiger partial charge in [-0.2, -0.15) is 0 Å². The molecule has 0 aliphatic carbocycles. The minimum atomic E-state index is 0.919.